The molecule has 7 nitrogen and oxygen atoms in total. The molecule has 8 aromatic rings. The van der Waals surface area contributed by atoms with Crippen LogP contribution in [-0.4, -0.2) is 31.8 Å². The van der Waals surface area contributed by atoms with Gasteiger partial charge in [0.2, 0.25) is 6.20 Å². The maximum atomic E-state index is 6.57. The number of aromatic nitrogens is 2. The number of hydrogen-bond acceptors (Lipinski definition) is 4. The molecule has 1 aliphatic heterocycles. The van der Waals surface area contributed by atoms with Crippen LogP contribution < -0.4 is 14.4 Å². The van der Waals surface area contributed by atoms with Crippen LogP contribution in [0.1, 0.15) is 0 Å². The molecule has 0 fully saturated rings. The summed E-state index contributed by atoms with van der Waals surface area (Å²) in [7, 11) is 1.93. The molecule has 0 atom stereocenters. The van der Waals surface area contributed by atoms with Crippen molar-refractivity contribution in [2.45, 2.75) is 0 Å². The molecule has 292 valence electrons. The van der Waals surface area contributed by atoms with Gasteiger partial charge in [0.05, 0.1) is 0 Å². The van der Waals surface area contributed by atoms with Crippen LogP contribution in [0.5, 0.6) is 23.0 Å². The molecule has 9 heteroatoms. The quantitative estimate of drug-likeness (QED) is 0.0778. The minimum Gasteiger partial charge on any atom is -0.669 e. The molecule has 3 heterocycles. The third-order valence-corrected chi connectivity index (χ3v) is 8.73. The minimum absolute atomic E-state index is 0. The van der Waals surface area contributed by atoms with E-state index in [9.17, 15) is 0 Å². The standard InChI is InChI=1S/C45H29N4O2.C6H4N.2Pt/c1-47-25-26-48(33-47)39-18-12-22-43(31-39)51-44-29-36(27-40(32-44)49(37-14-5-2-6-15-37)38-16-7-3-8-17-38)45-30-35(23-24-46-45)34-13-11-21-42(28-34)50-41-19-9-4-10-20-41;1-2-7-5-3-4-6-7;;/h2-19,21-22,24-27,30,32H,1H3;3-6H;;/q-3;-1;+2;+4. The summed E-state index contributed by atoms with van der Waals surface area (Å²) in [4.78, 5) is 6.93. The van der Waals surface area contributed by atoms with Crippen molar-refractivity contribution in [2.24, 2.45) is 0 Å². The first-order valence-electron chi connectivity index (χ1n) is 18.3. The van der Waals surface area contributed by atoms with Crippen LogP contribution in [0.3, 0.4) is 0 Å². The van der Waals surface area contributed by atoms with Gasteiger partial charge in [0.25, 0.3) is 6.20 Å². The number of anilines is 3. The molecule has 0 spiro atoms. The van der Waals surface area contributed by atoms with Gasteiger partial charge in [-0.25, -0.2) is 24.2 Å². The zero-order valence-corrected chi connectivity index (χ0v) is 36.5. The topological polar surface area (TPSA) is 45.5 Å². The Bertz CT molecular complexity index is 2760. The van der Waals surface area contributed by atoms with Gasteiger partial charge in [-0.2, -0.15) is 36.4 Å². The van der Waals surface area contributed by atoms with Gasteiger partial charge in [-0.05, 0) is 42.1 Å². The molecular formula is C51H33N5O2Pt2+2. The minimum atomic E-state index is 0. The fourth-order valence-corrected chi connectivity index (χ4v) is 6.07. The largest absolute Gasteiger partial charge is 4.00 e. The van der Waals surface area contributed by atoms with Crippen molar-refractivity contribution in [3.63, 3.8) is 0 Å². The molecule has 0 saturated carbocycles. The van der Waals surface area contributed by atoms with Crippen molar-refractivity contribution < 1.29 is 60.8 Å². The maximum absolute atomic E-state index is 6.57. The van der Waals surface area contributed by atoms with Crippen LogP contribution in [-0.2, 0) is 42.1 Å². The van der Waals surface area contributed by atoms with Crippen molar-refractivity contribution in [2.75, 3.05) is 11.9 Å². The molecule has 0 radical (unpaired) electrons. The zero-order valence-electron chi connectivity index (χ0n) is 32.0. The van der Waals surface area contributed by atoms with Gasteiger partial charge in [-0.1, -0.05) is 81.7 Å². The average molecular weight is 1140 g/mol. The summed E-state index contributed by atoms with van der Waals surface area (Å²) in [6.07, 6.45) is 15.6. The van der Waals surface area contributed by atoms with Crippen molar-refractivity contribution in [1.82, 2.24) is 9.55 Å². The van der Waals surface area contributed by atoms with Crippen LogP contribution in [0.2, 0.25) is 0 Å². The predicted octanol–water partition coefficient (Wildman–Crippen LogP) is 11.3. The second kappa shape index (κ2) is 20.8. The Balaban J connectivity index is 0.000000611. The van der Waals surface area contributed by atoms with E-state index in [0.29, 0.717) is 28.7 Å². The van der Waals surface area contributed by atoms with Crippen molar-refractivity contribution >= 4 is 28.8 Å². The summed E-state index contributed by atoms with van der Waals surface area (Å²) in [6, 6.07) is 71.3. The summed E-state index contributed by atoms with van der Waals surface area (Å²) in [5.74, 6) is 2.25. The Hall–Kier alpha value is -6.79. The molecule has 6 aromatic carbocycles. The molecule has 9 rings (SSSR count). The van der Waals surface area contributed by atoms with Crippen LogP contribution in [0.4, 0.5) is 22.7 Å². The number of benzene rings is 6. The van der Waals surface area contributed by atoms with Gasteiger partial charge in [0.1, 0.15) is 5.69 Å². The summed E-state index contributed by atoms with van der Waals surface area (Å²) in [6.45, 7) is 0. The Morgan fingerprint density at radius 1 is 0.633 bits per heavy atom. The van der Waals surface area contributed by atoms with E-state index < -0.39 is 0 Å². The summed E-state index contributed by atoms with van der Waals surface area (Å²) in [5, 5.41) is 0. The molecule has 2 aromatic heterocycles. The maximum Gasteiger partial charge on any atom is 4.00 e. The van der Waals surface area contributed by atoms with Crippen molar-refractivity contribution in [3.05, 3.63) is 219 Å². The summed E-state index contributed by atoms with van der Waals surface area (Å²) in [5.41, 5.74) is 6.72. The molecule has 1 aliphatic rings. The Kier molecular flexibility index (Phi) is 14.8. The SMILES string of the molecule is C[N+]1=C=[N+](c2[c-]c(Oc3[c-]c(-c4cc(-c5[c-]c(Oc6[c-]cccc6)ccc5)[c-]cn4)cc(N(c4ccccc4)c4ccccc4)c3)ccc2)C=C1.[C-]#Cn1cccc1.[Pt+2].[Pt+4]. The van der Waals surface area contributed by atoms with Gasteiger partial charge in [0.15, 0.2) is 7.05 Å². The monoisotopic (exact) mass is 1140 g/mol. The Morgan fingerprint density at radius 3 is 1.93 bits per heavy atom. The fourth-order valence-electron chi connectivity index (χ4n) is 6.07. The second-order valence-electron chi connectivity index (χ2n) is 12.8. The molecule has 60 heavy (non-hydrogen) atoms. The first-order chi connectivity index (χ1) is 28.6. The Morgan fingerprint density at radius 2 is 1.28 bits per heavy atom. The van der Waals surface area contributed by atoms with Crippen LogP contribution in [0.25, 0.3) is 22.4 Å². The molecule has 0 bridgehead atoms. The number of pyridine rings is 1. The predicted molar refractivity (Wildman–Crippen MR) is 224 cm³/mol. The van der Waals surface area contributed by atoms with Gasteiger partial charge in [0, 0.05) is 46.8 Å². The third-order valence-electron chi connectivity index (χ3n) is 8.73. The van der Waals surface area contributed by atoms with Crippen molar-refractivity contribution in [1.29, 1.82) is 0 Å². The third kappa shape index (κ3) is 10.8. The van der Waals surface area contributed by atoms with E-state index in [1.54, 1.807) is 23.2 Å². The van der Waals surface area contributed by atoms with Crippen LogP contribution in [0.15, 0.2) is 183 Å². The molecular weight excluding hydrogens is 1100 g/mol. The summed E-state index contributed by atoms with van der Waals surface area (Å²) >= 11 is 0. The first kappa shape index (κ1) is 42.8. The van der Waals surface area contributed by atoms with Gasteiger partial charge in [-0.15, -0.1) is 35.9 Å². The second-order valence-corrected chi connectivity index (χ2v) is 12.8. The van der Waals surface area contributed by atoms with Gasteiger partial charge in [-0.3, -0.25) is 11.1 Å². The summed E-state index contributed by atoms with van der Waals surface area (Å²) < 4.78 is 17.8. The van der Waals surface area contributed by atoms with Crippen molar-refractivity contribution in [3.8, 4) is 51.4 Å². The van der Waals surface area contributed by atoms with E-state index in [0.717, 1.165) is 39.4 Å². The van der Waals surface area contributed by atoms with E-state index in [-0.39, 0.29) is 42.1 Å². The smallest absolute Gasteiger partial charge is 0.669 e. The number of nitrogens with zero attached hydrogens (tertiary/aromatic N) is 5. The average Bonchev–Trinajstić information content (AvgIpc) is 3.98. The number of para-hydroxylation sites is 3. The number of hydrogen-bond donors (Lipinski definition) is 0. The molecule has 0 unspecified atom stereocenters. The molecule has 0 saturated heterocycles. The van der Waals surface area contributed by atoms with E-state index >= 15 is 0 Å². The number of ether oxygens (including phenoxy) is 2. The van der Waals surface area contributed by atoms with Crippen LogP contribution in [0, 0.1) is 42.8 Å². The van der Waals surface area contributed by atoms with Gasteiger partial charge >= 0.3 is 48.1 Å². The van der Waals surface area contributed by atoms with E-state index in [1.807, 2.05) is 150 Å². The van der Waals surface area contributed by atoms with E-state index in [2.05, 4.69) is 77.6 Å². The first-order valence-corrected chi connectivity index (χ1v) is 18.3. The van der Waals surface area contributed by atoms with Crippen LogP contribution >= 0.6 is 0 Å². The van der Waals surface area contributed by atoms with E-state index in [4.69, 9.17) is 20.9 Å². The normalized spacial score (nSPS) is 11.0. The number of rotatable bonds is 10. The van der Waals surface area contributed by atoms with Gasteiger partial charge < -0.3 is 30.3 Å². The van der Waals surface area contributed by atoms with E-state index in [1.165, 1.54) is 0 Å². The fraction of sp³-hybridized carbons (Fsp3) is 0.0196. The zero-order chi connectivity index (χ0) is 39.5. The molecule has 0 amide bonds. The Labute approximate surface area is 379 Å². The molecule has 0 aliphatic carbocycles. The molecule has 0 N–H and O–H groups in total.